The van der Waals surface area contributed by atoms with E-state index in [1.54, 1.807) is 43.3 Å². The first kappa shape index (κ1) is 18.1. The standard InChI is InChI=1S/C20H18O5/c1-12-5-3-7-14(9-12)17(21)11-16(19(22)23)18(20(24)25)15-8-4-6-13(2)10-15/h3-10H,11H2,1-2H3,(H,22,23)(H,24,25)/b18-16+. The predicted octanol–water partition coefficient (Wildman–Crippen LogP) is 3.50. The van der Waals surface area contributed by atoms with Crippen LogP contribution in [-0.4, -0.2) is 27.9 Å². The van der Waals surface area contributed by atoms with Gasteiger partial charge in [0.25, 0.3) is 0 Å². The topological polar surface area (TPSA) is 91.7 Å². The number of aryl methyl sites for hydroxylation is 2. The van der Waals surface area contributed by atoms with Gasteiger partial charge in [-0.2, -0.15) is 0 Å². The molecule has 2 aromatic carbocycles. The van der Waals surface area contributed by atoms with E-state index >= 15 is 0 Å². The number of carbonyl (C=O) groups is 3. The molecule has 0 unspecified atom stereocenters. The maximum absolute atomic E-state index is 12.4. The van der Waals surface area contributed by atoms with E-state index < -0.39 is 29.7 Å². The second kappa shape index (κ2) is 7.57. The van der Waals surface area contributed by atoms with E-state index in [1.165, 1.54) is 6.07 Å². The van der Waals surface area contributed by atoms with Crippen LogP contribution >= 0.6 is 0 Å². The molecular weight excluding hydrogens is 320 g/mol. The van der Waals surface area contributed by atoms with Crippen molar-refractivity contribution in [1.82, 2.24) is 0 Å². The van der Waals surface area contributed by atoms with E-state index in [4.69, 9.17) is 0 Å². The largest absolute Gasteiger partial charge is 0.478 e. The van der Waals surface area contributed by atoms with Crippen LogP contribution in [0.4, 0.5) is 0 Å². The fourth-order valence-corrected chi connectivity index (χ4v) is 2.58. The van der Waals surface area contributed by atoms with Crippen molar-refractivity contribution in [2.75, 3.05) is 0 Å². The summed E-state index contributed by atoms with van der Waals surface area (Å²) in [7, 11) is 0. The van der Waals surface area contributed by atoms with Crippen LogP contribution < -0.4 is 0 Å². The van der Waals surface area contributed by atoms with Crippen molar-refractivity contribution < 1.29 is 24.6 Å². The minimum absolute atomic E-state index is 0.266. The van der Waals surface area contributed by atoms with E-state index in [-0.39, 0.29) is 11.1 Å². The summed E-state index contributed by atoms with van der Waals surface area (Å²) >= 11 is 0. The molecule has 0 amide bonds. The van der Waals surface area contributed by atoms with Gasteiger partial charge < -0.3 is 10.2 Å². The van der Waals surface area contributed by atoms with Gasteiger partial charge in [-0.25, -0.2) is 9.59 Å². The van der Waals surface area contributed by atoms with Crippen molar-refractivity contribution in [2.24, 2.45) is 0 Å². The number of rotatable bonds is 6. The molecule has 128 valence electrons. The average molecular weight is 338 g/mol. The van der Waals surface area contributed by atoms with Gasteiger partial charge in [0.15, 0.2) is 5.78 Å². The zero-order valence-corrected chi connectivity index (χ0v) is 13.9. The summed E-state index contributed by atoms with van der Waals surface area (Å²) < 4.78 is 0. The Labute approximate surface area is 145 Å². The third-order valence-corrected chi connectivity index (χ3v) is 3.76. The van der Waals surface area contributed by atoms with Gasteiger partial charge in [-0.3, -0.25) is 4.79 Å². The Morgan fingerprint density at radius 2 is 1.32 bits per heavy atom. The molecule has 2 aromatic rings. The predicted molar refractivity (Wildman–Crippen MR) is 93.5 cm³/mol. The van der Waals surface area contributed by atoms with Crippen molar-refractivity contribution >= 4 is 23.3 Å². The second-order valence-electron chi connectivity index (χ2n) is 5.80. The number of benzene rings is 2. The molecule has 2 rings (SSSR count). The summed E-state index contributed by atoms with van der Waals surface area (Å²) in [5.41, 5.74) is 1.49. The Morgan fingerprint density at radius 3 is 1.80 bits per heavy atom. The lowest BCUT2D eigenvalue weighted by molar-refractivity contribution is -0.134. The van der Waals surface area contributed by atoms with Crippen molar-refractivity contribution in [2.45, 2.75) is 20.3 Å². The highest BCUT2D eigenvalue weighted by Gasteiger charge is 2.24. The number of ketones is 1. The molecular formula is C20H18O5. The Kier molecular flexibility index (Phi) is 5.49. The molecule has 0 atom stereocenters. The van der Waals surface area contributed by atoms with E-state index in [2.05, 4.69) is 0 Å². The fraction of sp³-hybridized carbons (Fsp3) is 0.150. The molecule has 0 heterocycles. The van der Waals surface area contributed by atoms with Crippen LogP contribution in [0, 0.1) is 13.8 Å². The first-order chi connectivity index (χ1) is 11.8. The molecule has 5 nitrogen and oxygen atoms in total. The van der Waals surface area contributed by atoms with Crippen molar-refractivity contribution in [1.29, 1.82) is 0 Å². The summed E-state index contributed by atoms with van der Waals surface area (Å²) in [6.45, 7) is 3.60. The lowest BCUT2D eigenvalue weighted by Crippen LogP contribution is -2.14. The minimum atomic E-state index is -1.42. The van der Waals surface area contributed by atoms with Gasteiger partial charge in [0.1, 0.15) is 0 Å². The van der Waals surface area contributed by atoms with Crippen LogP contribution in [0.1, 0.15) is 33.5 Å². The van der Waals surface area contributed by atoms with E-state index in [0.29, 0.717) is 5.56 Å². The van der Waals surface area contributed by atoms with E-state index in [1.807, 2.05) is 13.0 Å². The smallest absolute Gasteiger partial charge is 0.336 e. The molecule has 2 N–H and O–H groups in total. The third-order valence-electron chi connectivity index (χ3n) is 3.76. The highest BCUT2D eigenvalue weighted by Crippen LogP contribution is 2.24. The Hall–Kier alpha value is -3.21. The van der Waals surface area contributed by atoms with Gasteiger partial charge in [-0.1, -0.05) is 53.6 Å². The summed E-state index contributed by atoms with van der Waals surface area (Å²) in [5.74, 6) is -3.23. The number of carboxylic acid groups (broad SMARTS) is 2. The summed E-state index contributed by atoms with van der Waals surface area (Å²) in [6, 6.07) is 13.3. The minimum Gasteiger partial charge on any atom is -0.478 e. The molecule has 0 bridgehead atoms. The van der Waals surface area contributed by atoms with Crippen molar-refractivity contribution in [3.05, 3.63) is 76.4 Å². The number of hydrogen-bond acceptors (Lipinski definition) is 3. The Balaban J connectivity index is 2.52. The van der Waals surface area contributed by atoms with Gasteiger partial charge >= 0.3 is 11.9 Å². The molecule has 0 aliphatic rings. The first-order valence-corrected chi connectivity index (χ1v) is 7.66. The number of carboxylic acids is 2. The van der Waals surface area contributed by atoms with Gasteiger partial charge in [0.05, 0.1) is 11.1 Å². The van der Waals surface area contributed by atoms with Crippen LogP contribution in [0.25, 0.3) is 5.57 Å². The van der Waals surface area contributed by atoms with E-state index in [9.17, 15) is 24.6 Å². The molecule has 0 saturated carbocycles. The second-order valence-corrected chi connectivity index (χ2v) is 5.80. The van der Waals surface area contributed by atoms with Crippen LogP contribution in [0.15, 0.2) is 54.1 Å². The number of hydrogen-bond donors (Lipinski definition) is 2. The summed E-state index contributed by atoms with van der Waals surface area (Å²) in [5, 5.41) is 19.0. The maximum Gasteiger partial charge on any atom is 0.336 e. The maximum atomic E-state index is 12.4. The molecule has 5 heteroatoms. The molecule has 25 heavy (non-hydrogen) atoms. The molecule has 0 aliphatic carbocycles. The lowest BCUT2D eigenvalue weighted by atomic mass is 9.93. The van der Waals surface area contributed by atoms with Gasteiger partial charge in [-0.15, -0.1) is 0 Å². The van der Waals surface area contributed by atoms with Crippen LogP contribution in [0.2, 0.25) is 0 Å². The average Bonchev–Trinajstić information content (AvgIpc) is 2.53. The van der Waals surface area contributed by atoms with Gasteiger partial charge in [0.2, 0.25) is 0 Å². The number of aliphatic carboxylic acids is 2. The zero-order chi connectivity index (χ0) is 18.6. The Bertz CT molecular complexity index is 877. The molecule has 0 radical (unpaired) electrons. The number of Topliss-reactive ketones (excluding diaryl/α,β-unsaturated/α-hetero) is 1. The quantitative estimate of drug-likeness (QED) is 0.621. The molecule has 0 spiro atoms. The zero-order valence-electron chi connectivity index (χ0n) is 13.9. The van der Waals surface area contributed by atoms with Crippen molar-refractivity contribution in [3.8, 4) is 0 Å². The lowest BCUT2D eigenvalue weighted by Gasteiger charge is -2.10. The van der Waals surface area contributed by atoms with Crippen LogP contribution in [0.3, 0.4) is 0 Å². The molecule has 0 aromatic heterocycles. The highest BCUT2D eigenvalue weighted by atomic mass is 16.4. The van der Waals surface area contributed by atoms with Crippen molar-refractivity contribution in [3.63, 3.8) is 0 Å². The fourth-order valence-electron chi connectivity index (χ4n) is 2.58. The van der Waals surface area contributed by atoms with E-state index in [0.717, 1.165) is 11.1 Å². The summed E-state index contributed by atoms with van der Waals surface area (Å²) in [6.07, 6.45) is -0.492. The SMILES string of the molecule is Cc1cccc(C(=O)C/C(C(=O)O)=C(\C(=O)O)c2cccc(C)c2)c1. The van der Waals surface area contributed by atoms with Gasteiger partial charge in [0, 0.05) is 12.0 Å². The molecule has 0 fully saturated rings. The normalized spacial score (nSPS) is 11.6. The summed E-state index contributed by atoms with van der Waals surface area (Å²) in [4.78, 5) is 35.8. The van der Waals surface area contributed by atoms with Gasteiger partial charge in [-0.05, 0) is 25.5 Å². The third kappa shape index (κ3) is 4.41. The monoisotopic (exact) mass is 338 g/mol. The van der Waals surface area contributed by atoms with Crippen LogP contribution in [0.5, 0.6) is 0 Å². The number of carbonyl (C=O) groups excluding carboxylic acids is 1. The molecule has 0 saturated heterocycles. The first-order valence-electron chi connectivity index (χ1n) is 7.66. The molecule has 0 aliphatic heterocycles. The van der Waals surface area contributed by atoms with Crippen LogP contribution in [-0.2, 0) is 9.59 Å². The Morgan fingerprint density at radius 1 is 0.800 bits per heavy atom. The highest BCUT2D eigenvalue weighted by molar-refractivity contribution is 6.23.